The lowest BCUT2D eigenvalue weighted by atomic mass is 10.1. The largest absolute Gasteiger partial charge is 0.384 e. The number of hydrogen-bond donors (Lipinski definition) is 2. The third-order valence-electron chi connectivity index (χ3n) is 5.84. The number of sulfonamides is 1. The first-order chi connectivity index (χ1) is 15.3. The predicted octanol–water partition coefficient (Wildman–Crippen LogP) is 2.59. The van der Waals surface area contributed by atoms with Crippen molar-refractivity contribution in [2.45, 2.75) is 17.7 Å². The Labute approximate surface area is 188 Å². The molecule has 0 spiro atoms. The first-order valence-corrected chi connectivity index (χ1v) is 12.0. The minimum absolute atomic E-state index is 0.0170. The van der Waals surface area contributed by atoms with E-state index in [1.165, 1.54) is 4.31 Å². The molecule has 0 atom stereocenters. The van der Waals surface area contributed by atoms with E-state index in [-0.39, 0.29) is 29.7 Å². The van der Waals surface area contributed by atoms with Crippen molar-refractivity contribution in [1.82, 2.24) is 9.21 Å². The van der Waals surface area contributed by atoms with Crippen LogP contribution in [0, 0.1) is 5.41 Å². The van der Waals surface area contributed by atoms with E-state index in [0.717, 1.165) is 16.3 Å². The molecule has 3 aromatic carbocycles. The number of nitrogens with zero attached hydrogens (tertiary/aromatic N) is 2. The van der Waals surface area contributed by atoms with E-state index < -0.39 is 10.0 Å². The van der Waals surface area contributed by atoms with Gasteiger partial charge in [0.25, 0.3) is 0 Å². The van der Waals surface area contributed by atoms with Crippen molar-refractivity contribution in [3.05, 3.63) is 77.9 Å². The van der Waals surface area contributed by atoms with Gasteiger partial charge in [-0.05, 0) is 34.9 Å². The van der Waals surface area contributed by atoms with Gasteiger partial charge in [0.05, 0.1) is 4.90 Å². The molecule has 166 valence electrons. The van der Waals surface area contributed by atoms with Crippen LogP contribution in [0.3, 0.4) is 0 Å². The Bertz CT molecular complexity index is 1250. The van der Waals surface area contributed by atoms with Gasteiger partial charge in [0, 0.05) is 38.2 Å². The number of nitrogens with two attached hydrogens (primary N) is 1. The smallest absolute Gasteiger partial charge is 0.243 e. The second-order valence-electron chi connectivity index (χ2n) is 7.90. The number of rotatable bonds is 6. The van der Waals surface area contributed by atoms with Crippen LogP contribution in [0.25, 0.3) is 10.8 Å². The number of fused-ring (bicyclic) bond motifs is 1. The highest BCUT2D eigenvalue weighted by Crippen LogP contribution is 2.23. The van der Waals surface area contributed by atoms with Crippen molar-refractivity contribution in [3.8, 4) is 0 Å². The summed E-state index contributed by atoms with van der Waals surface area (Å²) in [6.07, 6.45) is 0.948. The van der Waals surface area contributed by atoms with Gasteiger partial charge in [0.15, 0.2) is 0 Å². The molecule has 1 amide bonds. The molecule has 3 N–H and O–H groups in total. The van der Waals surface area contributed by atoms with Gasteiger partial charge in [0.2, 0.25) is 15.9 Å². The molecule has 1 heterocycles. The van der Waals surface area contributed by atoms with E-state index in [4.69, 9.17) is 11.1 Å². The number of aryl methyl sites for hydroxylation is 1. The van der Waals surface area contributed by atoms with E-state index in [0.29, 0.717) is 31.5 Å². The molecule has 0 aliphatic carbocycles. The first kappa shape index (κ1) is 22.0. The zero-order valence-corrected chi connectivity index (χ0v) is 18.5. The fourth-order valence-corrected chi connectivity index (χ4v) is 5.37. The van der Waals surface area contributed by atoms with Crippen molar-refractivity contribution >= 4 is 32.5 Å². The Kier molecular flexibility index (Phi) is 6.25. The van der Waals surface area contributed by atoms with Gasteiger partial charge in [-0.3, -0.25) is 10.2 Å². The summed E-state index contributed by atoms with van der Waals surface area (Å²) in [5.74, 6) is 0.0348. The Balaban J connectivity index is 1.34. The Morgan fingerprint density at radius 3 is 2.22 bits per heavy atom. The second kappa shape index (κ2) is 9.10. The summed E-state index contributed by atoms with van der Waals surface area (Å²) in [4.78, 5) is 14.6. The number of carbonyl (C=O) groups excluding carboxylic acids is 1. The molecule has 0 unspecified atom stereocenters. The highest BCUT2D eigenvalue weighted by atomic mass is 32.2. The summed E-state index contributed by atoms with van der Waals surface area (Å²) < 4.78 is 27.6. The molecular weight excluding hydrogens is 424 g/mol. The monoisotopic (exact) mass is 450 g/mol. The zero-order valence-electron chi connectivity index (χ0n) is 17.7. The maximum Gasteiger partial charge on any atom is 0.243 e. The van der Waals surface area contributed by atoms with Crippen LogP contribution in [-0.4, -0.2) is 55.5 Å². The fraction of sp³-hybridized carbons (Fsp3) is 0.250. The van der Waals surface area contributed by atoms with Gasteiger partial charge in [-0.15, -0.1) is 0 Å². The fourth-order valence-electron chi connectivity index (χ4n) is 3.92. The predicted molar refractivity (Wildman–Crippen MR) is 125 cm³/mol. The molecule has 0 aromatic heterocycles. The molecule has 1 aliphatic rings. The number of amidine groups is 1. The van der Waals surface area contributed by atoms with Crippen molar-refractivity contribution in [3.63, 3.8) is 0 Å². The highest BCUT2D eigenvalue weighted by Gasteiger charge is 2.30. The van der Waals surface area contributed by atoms with Crippen molar-refractivity contribution in [2.75, 3.05) is 26.2 Å². The van der Waals surface area contributed by atoms with Crippen LogP contribution >= 0.6 is 0 Å². The number of hydrogen-bond acceptors (Lipinski definition) is 4. The average Bonchev–Trinajstić information content (AvgIpc) is 2.82. The summed E-state index contributed by atoms with van der Waals surface area (Å²) in [5.41, 5.74) is 7.12. The molecule has 1 aliphatic heterocycles. The van der Waals surface area contributed by atoms with Gasteiger partial charge in [0.1, 0.15) is 5.84 Å². The molecule has 0 bridgehead atoms. The molecule has 8 heteroatoms. The maximum atomic E-state index is 13.1. The molecule has 0 saturated carbocycles. The maximum absolute atomic E-state index is 13.1. The van der Waals surface area contributed by atoms with E-state index in [1.54, 1.807) is 29.2 Å². The summed E-state index contributed by atoms with van der Waals surface area (Å²) in [6.45, 7) is 1.34. The number of benzene rings is 3. The summed E-state index contributed by atoms with van der Waals surface area (Å²) >= 11 is 0. The lowest BCUT2D eigenvalue weighted by Gasteiger charge is -2.34. The molecule has 7 nitrogen and oxygen atoms in total. The zero-order chi connectivity index (χ0) is 22.7. The summed E-state index contributed by atoms with van der Waals surface area (Å²) in [5, 5.41) is 9.32. The average molecular weight is 451 g/mol. The molecule has 0 radical (unpaired) electrons. The SMILES string of the molecule is N=C(N)c1ccc(CCC(=O)N2CCN(S(=O)(=O)c3ccc4ccccc4c3)CC2)cc1. The van der Waals surface area contributed by atoms with Gasteiger partial charge >= 0.3 is 0 Å². The van der Waals surface area contributed by atoms with Crippen molar-refractivity contribution < 1.29 is 13.2 Å². The number of amides is 1. The number of nitrogen functional groups attached to an aromatic ring is 1. The van der Waals surface area contributed by atoms with E-state index in [9.17, 15) is 13.2 Å². The third-order valence-corrected chi connectivity index (χ3v) is 7.74. The van der Waals surface area contributed by atoms with Crippen LogP contribution < -0.4 is 5.73 Å². The molecule has 3 aromatic rings. The van der Waals surface area contributed by atoms with Gasteiger partial charge in [-0.1, -0.05) is 54.6 Å². The Morgan fingerprint density at radius 1 is 0.906 bits per heavy atom. The Morgan fingerprint density at radius 2 is 1.56 bits per heavy atom. The van der Waals surface area contributed by atoms with Gasteiger partial charge in [-0.2, -0.15) is 4.31 Å². The van der Waals surface area contributed by atoms with Crippen LogP contribution in [0.4, 0.5) is 0 Å². The number of carbonyl (C=O) groups is 1. The molecule has 32 heavy (non-hydrogen) atoms. The number of nitrogens with one attached hydrogen (secondary N) is 1. The van der Waals surface area contributed by atoms with Gasteiger partial charge in [-0.25, -0.2) is 8.42 Å². The van der Waals surface area contributed by atoms with Crippen LogP contribution in [0.5, 0.6) is 0 Å². The molecule has 1 fully saturated rings. The standard InChI is InChI=1S/C24H26N4O3S/c25-24(26)20-8-5-18(6-9-20)7-12-23(29)27-13-15-28(16-14-27)32(30,31)22-11-10-19-3-1-2-4-21(19)17-22/h1-6,8-11,17H,7,12-16H2,(H3,25,26). The van der Waals surface area contributed by atoms with Crippen LogP contribution in [0.2, 0.25) is 0 Å². The minimum Gasteiger partial charge on any atom is -0.384 e. The molecule has 4 rings (SSSR count). The van der Waals surface area contributed by atoms with E-state index in [1.807, 2.05) is 42.5 Å². The Hall–Kier alpha value is -3.23. The van der Waals surface area contributed by atoms with Gasteiger partial charge < -0.3 is 10.6 Å². The normalized spacial score (nSPS) is 15.1. The second-order valence-corrected chi connectivity index (χ2v) is 9.84. The van der Waals surface area contributed by atoms with Crippen LogP contribution in [0.1, 0.15) is 17.5 Å². The lowest BCUT2D eigenvalue weighted by Crippen LogP contribution is -2.50. The third kappa shape index (κ3) is 4.66. The van der Waals surface area contributed by atoms with Crippen molar-refractivity contribution in [1.29, 1.82) is 5.41 Å². The van der Waals surface area contributed by atoms with Crippen molar-refractivity contribution in [2.24, 2.45) is 5.73 Å². The van der Waals surface area contributed by atoms with E-state index in [2.05, 4.69) is 0 Å². The summed E-state index contributed by atoms with van der Waals surface area (Å²) in [6, 6.07) is 20.1. The first-order valence-electron chi connectivity index (χ1n) is 10.5. The quantitative estimate of drug-likeness (QED) is 0.444. The number of piperazine rings is 1. The van der Waals surface area contributed by atoms with Crippen LogP contribution in [0.15, 0.2) is 71.6 Å². The molecular formula is C24H26N4O3S. The summed E-state index contributed by atoms with van der Waals surface area (Å²) in [7, 11) is -3.60. The lowest BCUT2D eigenvalue weighted by molar-refractivity contribution is -0.132. The topological polar surface area (TPSA) is 108 Å². The van der Waals surface area contributed by atoms with Crippen LogP contribution in [-0.2, 0) is 21.2 Å². The highest BCUT2D eigenvalue weighted by molar-refractivity contribution is 7.89. The minimum atomic E-state index is -3.60. The molecule has 1 saturated heterocycles. The van der Waals surface area contributed by atoms with E-state index >= 15 is 0 Å².